The van der Waals surface area contributed by atoms with Crippen LogP contribution in [-0.4, -0.2) is 49.8 Å². The minimum atomic E-state index is -0.347. The summed E-state index contributed by atoms with van der Waals surface area (Å²) in [6, 6.07) is 13.3. The summed E-state index contributed by atoms with van der Waals surface area (Å²) in [6.07, 6.45) is 4.97. The van der Waals surface area contributed by atoms with Crippen molar-refractivity contribution >= 4 is 17.6 Å². The smallest absolute Gasteiger partial charge is 0.339 e. The number of halogens is 1. The standard InChI is InChI=1S/C25H33ClNO3.Y/c1-20-10-9-11-21(2)24(20)29-18-16-27(14-7-3-4-8-15-27)17-19-30-25(28)22-12-5-6-13-23(22)26;/h5-6,9-13H,3-4,7-8,14-19H2,1-2H3;/q+1;. The molecule has 2 aromatic rings. The monoisotopic (exact) mass is 519 g/mol. The Labute approximate surface area is 216 Å². The number of carbonyl (C=O) groups excluding carboxylic acids is 1. The third-order valence-electron chi connectivity index (χ3n) is 6.13. The number of ether oxygens (including phenoxy) is 2. The quantitative estimate of drug-likeness (QED) is 0.337. The number of aryl methyl sites for hydroxylation is 2. The minimum Gasteiger partial charge on any atom is -0.487 e. The van der Waals surface area contributed by atoms with Crippen molar-refractivity contribution in [2.24, 2.45) is 0 Å². The molecule has 0 aliphatic carbocycles. The van der Waals surface area contributed by atoms with E-state index < -0.39 is 0 Å². The van der Waals surface area contributed by atoms with Crippen LogP contribution < -0.4 is 4.74 Å². The number of hydrogen-bond acceptors (Lipinski definition) is 3. The van der Waals surface area contributed by atoms with Gasteiger partial charge < -0.3 is 14.0 Å². The van der Waals surface area contributed by atoms with Gasteiger partial charge in [-0.25, -0.2) is 4.79 Å². The maximum absolute atomic E-state index is 12.4. The molecule has 1 fully saturated rings. The molecule has 1 heterocycles. The number of carbonyl (C=O) groups is 1. The van der Waals surface area contributed by atoms with E-state index in [-0.39, 0.29) is 38.7 Å². The molecule has 1 aliphatic rings. The molecule has 0 bridgehead atoms. The predicted octanol–water partition coefficient (Wildman–Crippen LogP) is 5.58. The van der Waals surface area contributed by atoms with E-state index >= 15 is 0 Å². The maximum atomic E-state index is 12.4. The molecular formula is C25H33ClNO3Y+. The van der Waals surface area contributed by atoms with Crippen LogP contribution in [0.3, 0.4) is 0 Å². The fraction of sp³-hybridized carbons (Fsp3) is 0.480. The second-order valence-corrected chi connectivity index (χ2v) is 8.74. The van der Waals surface area contributed by atoms with Crippen molar-refractivity contribution in [3.63, 3.8) is 0 Å². The molecule has 0 amide bonds. The van der Waals surface area contributed by atoms with Gasteiger partial charge in [-0.1, -0.05) is 41.9 Å². The van der Waals surface area contributed by atoms with Crippen molar-refractivity contribution in [3.05, 3.63) is 64.2 Å². The van der Waals surface area contributed by atoms with Gasteiger partial charge in [-0.2, -0.15) is 0 Å². The molecule has 0 saturated carbocycles. The molecule has 0 N–H and O–H groups in total. The molecule has 4 nitrogen and oxygen atoms in total. The molecular weight excluding hydrogens is 487 g/mol. The normalized spacial score (nSPS) is 15.5. The fourth-order valence-corrected chi connectivity index (χ4v) is 4.54. The van der Waals surface area contributed by atoms with Crippen molar-refractivity contribution in [1.82, 2.24) is 0 Å². The fourth-order valence-electron chi connectivity index (χ4n) is 4.32. The number of esters is 1. The van der Waals surface area contributed by atoms with E-state index in [0.717, 1.165) is 36.4 Å². The Kier molecular flexibility index (Phi) is 11.0. The van der Waals surface area contributed by atoms with Gasteiger partial charge in [0.25, 0.3) is 0 Å². The number of para-hydroxylation sites is 1. The second kappa shape index (κ2) is 12.9. The van der Waals surface area contributed by atoms with Crippen LogP contribution in [0, 0.1) is 13.8 Å². The van der Waals surface area contributed by atoms with E-state index in [0.29, 0.717) is 23.8 Å². The summed E-state index contributed by atoms with van der Waals surface area (Å²) < 4.78 is 12.8. The van der Waals surface area contributed by atoms with Gasteiger partial charge in [-0.15, -0.1) is 0 Å². The van der Waals surface area contributed by atoms with Gasteiger partial charge in [-0.3, -0.25) is 0 Å². The summed E-state index contributed by atoms with van der Waals surface area (Å²) in [5.74, 6) is 0.649. The Balaban J connectivity index is 0.00000341. The molecule has 0 aromatic heterocycles. The molecule has 3 rings (SSSR count). The Morgan fingerprint density at radius 2 is 1.52 bits per heavy atom. The van der Waals surface area contributed by atoms with Crippen LogP contribution in [0.15, 0.2) is 42.5 Å². The first kappa shape index (κ1) is 26.3. The Morgan fingerprint density at radius 1 is 0.903 bits per heavy atom. The maximum Gasteiger partial charge on any atom is 0.339 e. The number of likely N-dealkylation sites (tertiary alicyclic amines) is 1. The summed E-state index contributed by atoms with van der Waals surface area (Å²) in [5, 5.41) is 0.433. The van der Waals surface area contributed by atoms with Crippen LogP contribution in [0.1, 0.15) is 47.2 Å². The van der Waals surface area contributed by atoms with E-state index in [2.05, 4.69) is 32.0 Å². The van der Waals surface area contributed by atoms with Crippen LogP contribution in [0.5, 0.6) is 5.75 Å². The van der Waals surface area contributed by atoms with E-state index in [1.54, 1.807) is 18.2 Å². The van der Waals surface area contributed by atoms with Crippen molar-refractivity contribution in [1.29, 1.82) is 0 Å². The third-order valence-corrected chi connectivity index (χ3v) is 6.46. The first-order chi connectivity index (χ1) is 14.5. The number of rotatable bonds is 8. The first-order valence-electron chi connectivity index (χ1n) is 11.0. The zero-order chi connectivity index (χ0) is 21.4. The zero-order valence-electron chi connectivity index (χ0n) is 18.7. The van der Waals surface area contributed by atoms with Gasteiger partial charge in [0.15, 0.2) is 0 Å². The van der Waals surface area contributed by atoms with E-state index in [9.17, 15) is 4.79 Å². The molecule has 0 atom stereocenters. The average Bonchev–Trinajstić information content (AvgIpc) is 2.96. The molecule has 1 saturated heterocycles. The van der Waals surface area contributed by atoms with Gasteiger partial charge in [-0.05, 0) is 62.8 Å². The average molecular weight is 520 g/mol. The largest absolute Gasteiger partial charge is 0.487 e. The summed E-state index contributed by atoms with van der Waals surface area (Å²) in [6.45, 7) is 9.21. The number of quaternary nitrogens is 1. The van der Waals surface area contributed by atoms with Gasteiger partial charge in [0.05, 0.1) is 23.7 Å². The van der Waals surface area contributed by atoms with Crippen molar-refractivity contribution < 1.29 is 51.5 Å². The molecule has 6 heteroatoms. The molecule has 0 spiro atoms. The summed E-state index contributed by atoms with van der Waals surface area (Å²) in [7, 11) is 0. The van der Waals surface area contributed by atoms with E-state index in [1.807, 2.05) is 6.07 Å². The van der Waals surface area contributed by atoms with Crippen molar-refractivity contribution in [3.8, 4) is 5.75 Å². The Morgan fingerprint density at radius 3 is 2.16 bits per heavy atom. The van der Waals surface area contributed by atoms with E-state index in [1.165, 1.54) is 36.8 Å². The van der Waals surface area contributed by atoms with Gasteiger partial charge >= 0.3 is 5.97 Å². The Hall–Kier alpha value is -0.936. The number of benzene rings is 2. The van der Waals surface area contributed by atoms with Gasteiger partial charge in [0.1, 0.15) is 32.1 Å². The van der Waals surface area contributed by atoms with Gasteiger partial charge in [0.2, 0.25) is 0 Å². The van der Waals surface area contributed by atoms with Crippen LogP contribution >= 0.6 is 11.6 Å². The van der Waals surface area contributed by atoms with E-state index in [4.69, 9.17) is 21.1 Å². The van der Waals surface area contributed by atoms with Crippen molar-refractivity contribution in [2.45, 2.75) is 39.5 Å². The van der Waals surface area contributed by atoms with Crippen LogP contribution in [0.25, 0.3) is 0 Å². The summed E-state index contributed by atoms with van der Waals surface area (Å²) in [4.78, 5) is 12.4. The second-order valence-electron chi connectivity index (χ2n) is 8.34. The summed E-state index contributed by atoms with van der Waals surface area (Å²) >= 11 is 6.13. The predicted molar refractivity (Wildman–Crippen MR) is 121 cm³/mol. The third kappa shape index (κ3) is 7.56. The molecule has 2 aromatic carbocycles. The number of hydrogen-bond donors (Lipinski definition) is 0. The zero-order valence-corrected chi connectivity index (χ0v) is 22.3. The molecule has 1 aliphatic heterocycles. The molecule has 165 valence electrons. The topological polar surface area (TPSA) is 35.5 Å². The summed E-state index contributed by atoms with van der Waals surface area (Å²) in [5.41, 5.74) is 2.78. The van der Waals surface area contributed by atoms with Crippen LogP contribution in [0.2, 0.25) is 5.02 Å². The number of nitrogens with zero attached hydrogens (tertiary/aromatic N) is 1. The first-order valence-corrected chi connectivity index (χ1v) is 11.3. The van der Waals surface area contributed by atoms with Crippen LogP contribution in [-0.2, 0) is 37.4 Å². The molecule has 0 unspecified atom stereocenters. The molecule has 31 heavy (non-hydrogen) atoms. The van der Waals surface area contributed by atoms with Crippen molar-refractivity contribution in [2.75, 3.05) is 39.4 Å². The van der Waals surface area contributed by atoms with Crippen LogP contribution in [0.4, 0.5) is 0 Å². The van der Waals surface area contributed by atoms with Gasteiger partial charge in [0, 0.05) is 32.7 Å². The SMILES string of the molecule is Cc1cccc(C)c1OCC[N+]1(CCOC(=O)c2ccccc2Cl)CCCCCC1.[Y]. The minimum absolute atomic E-state index is 0. The Bertz CT molecular complexity index is 830. The molecule has 1 radical (unpaired) electrons.